The van der Waals surface area contributed by atoms with Crippen LogP contribution >= 0.6 is 11.8 Å². The van der Waals surface area contributed by atoms with Crippen LogP contribution in [0.4, 0.5) is 5.69 Å². The second kappa shape index (κ2) is 9.09. The highest BCUT2D eigenvalue weighted by atomic mass is 32.2. The summed E-state index contributed by atoms with van der Waals surface area (Å²) in [5.41, 5.74) is 1.42. The molecular formula is C21H20N2O3S. The topological polar surface area (TPSA) is 65.3 Å². The van der Waals surface area contributed by atoms with E-state index in [2.05, 4.69) is 5.32 Å². The van der Waals surface area contributed by atoms with Gasteiger partial charge in [0.2, 0.25) is 5.91 Å². The van der Waals surface area contributed by atoms with E-state index in [4.69, 9.17) is 4.74 Å². The highest BCUT2D eigenvalue weighted by Gasteiger charge is 2.26. The van der Waals surface area contributed by atoms with E-state index in [1.807, 2.05) is 55.5 Å². The molecule has 1 amide bonds. The van der Waals surface area contributed by atoms with Crippen LogP contribution < -0.4 is 14.8 Å². The molecule has 1 heterocycles. The third-order valence-electron chi connectivity index (χ3n) is 3.81. The fourth-order valence-electron chi connectivity index (χ4n) is 2.57. The van der Waals surface area contributed by atoms with Gasteiger partial charge in [0, 0.05) is 12.1 Å². The van der Waals surface area contributed by atoms with Crippen molar-refractivity contribution >= 4 is 23.4 Å². The van der Waals surface area contributed by atoms with Crippen molar-refractivity contribution in [3.05, 3.63) is 89.8 Å². The zero-order valence-corrected chi connectivity index (χ0v) is 15.7. The number of ether oxygens (including phenoxy) is 1. The average Bonchev–Trinajstić information content (AvgIpc) is 2.69. The third-order valence-corrected chi connectivity index (χ3v) is 5.09. The highest BCUT2D eigenvalue weighted by Crippen LogP contribution is 2.35. The molecule has 6 heteroatoms. The maximum Gasteiger partial charge on any atom is 0.252 e. The minimum Gasteiger partial charge on any atom is -0.618 e. The molecule has 1 unspecified atom stereocenters. The molecule has 0 aliphatic carbocycles. The minimum absolute atomic E-state index is 0.220. The minimum atomic E-state index is -0.580. The Morgan fingerprint density at radius 2 is 1.78 bits per heavy atom. The smallest absolute Gasteiger partial charge is 0.252 e. The standard InChI is InChI=1S/C21H20N2O3S/c1-2-26-18-13-7-6-12-17(18)22-21(24)20(16-10-4-3-5-11-16)27-19-14-8-9-15-23(19)25/h3-15,20H,2H2,1H3,(H,22,24). The van der Waals surface area contributed by atoms with Crippen molar-refractivity contribution in [2.75, 3.05) is 11.9 Å². The Hall–Kier alpha value is -2.99. The fourth-order valence-corrected chi connectivity index (χ4v) is 3.60. The van der Waals surface area contributed by atoms with Crippen molar-refractivity contribution < 1.29 is 14.3 Å². The van der Waals surface area contributed by atoms with Crippen LogP contribution in [0, 0.1) is 5.21 Å². The van der Waals surface area contributed by atoms with E-state index >= 15 is 0 Å². The maximum absolute atomic E-state index is 13.1. The van der Waals surface area contributed by atoms with Crippen LogP contribution in [0.2, 0.25) is 0 Å². The molecule has 0 radical (unpaired) electrons. The third kappa shape index (κ3) is 4.80. The second-order valence-electron chi connectivity index (χ2n) is 5.69. The lowest BCUT2D eigenvalue weighted by atomic mass is 10.1. The number of para-hydroxylation sites is 2. The number of carbonyl (C=O) groups is 1. The molecule has 0 fully saturated rings. The van der Waals surface area contributed by atoms with Gasteiger partial charge >= 0.3 is 0 Å². The first kappa shape index (κ1) is 18.8. The maximum atomic E-state index is 13.1. The van der Waals surface area contributed by atoms with Crippen molar-refractivity contribution in [2.45, 2.75) is 17.2 Å². The Labute approximate surface area is 162 Å². The summed E-state index contributed by atoms with van der Waals surface area (Å²) in [4.78, 5) is 13.1. The lowest BCUT2D eigenvalue weighted by Gasteiger charge is -2.18. The molecule has 3 rings (SSSR count). The molecule has 0 saturated carbocycles. The molecule has 3 aromatic rings. The first-order chi connectivity index (χ1) is 13.2. The average molecular weight is 380 g/mol. The van der Waals surface area contributed by atoms with Gasteiger partial charge in [-0.05, 0) is 42.4 Å². The van der Waals surface area contributed by atoms with Gasteiger partial charge in [0.05, 0.1) is 12.3 Å². The van der Waals surface area contributed by atoms with Gasteiger partial charge in [0.25, 0.3) is 5.03 Å². The first-order valence-corrected chi connectivity index (χ1v) is 9.49. The van der Waals surface area contributed by atoms with E-state index in [0.29, 0.717) is 23.1 Å². The predicted octanol–water partition coefficient (Wildman–Crippen LogP) is 4.19. The summed E-state index contributed by atoms with van der Waals surface area (Å²) in [6.07, 6.45) is 1.42. The fraction of sp³-hybridized carbons (Fsp3) is 0.143. The lowest BCUT2D eigenvalue weighted by Crippen LogP contribution is -2.29. The van der Waals surface area contributed by atoms with Crippen LogP contribution in [0.25, 0.3) is 0 Å². The molecule has 2 aromatic carbocycles. The summed E-state index contributed by atoms with van der Waals surface area (Å²) in [5.74, 6) is 0.394. The largest absolute Gasteiger partial charge is 0.618 e. The molecule has 1 N–H and O–H groups in total. The number of thioether (sulfide) groups is 1. The number of hydrogen-bond acceptors (Lipinski definition) is 4. The van der Waals surface area contributed by atoms with E-state index in [0.717, 1.165) is 10.3 Å². The Bertz CT molecular complexity index is 903. The summed E-state index contributed by atoms with van der Waals surface area (Å²) in [6.45, 7) is 2.40. The van der Waals surface area contributed by atoms with E-state index in [1.165, 1.54) is 18.0 Å². The van der Waals surface area contributed by atoms with Crippen LogP contribution in [0.3, 0.4) is 0 Å². The van der Waals surface area contributed by atoms with Crippen molar-refractivity contribution in [3.8, 4) is 5.75 Å². The van der Waals surface area contributed by atoms with Crippen LogP contribution in [-0.4, -0.2) is 12.5 Å². The molecule has 27 heavy (non-hydrogen) atoms. The highest BCUT2D eigenvalue weighted by molar-refractivity contribution is 8.00. The quantitative estimate of drug-likeness (QED) is 0.379. The Morgan fingerprint density at radius 3 is 2.52 bits per heavy atom. The van der Waals surface area contributed by atoms with Crippen LogP contribution in [0.5, 0.6) is 5.75 Å². The van der Waals surface area contributed by atoms with Gasteiger partial charge in [0.15, 0.2) is 6.20 Å². The van der Waals surface area contributed by atoms with Gasteiger partial charge in [-0.25, -0.2) is 0 Å². The van der Waals surface area contributed by atoms with Gasteiger partial charge in [-0.15, -0.1) is 0 Å². The summed E-state index contributed by atoms with van der Waals surface area (Å²) >= 11 is 1.21. The molecule has 1 aromatic heterocycles. The van der Waals surface area contributed by atoms with Gasteiger partial charge in [-0.2, -0.15) is 4.73 Å². The van der Waals surface area contributed by atoms with Crippen LogP contribution in [-0.2, 0) is 4.79 Å². The number of pyridine rings is 1. The number of amides is 1. The van der Waals surface area contributed by atoms with E-state index in [9.17, 15) is 10.0 Å². The summed E-state index contributed by atoms with van der Waals surface area (Å²) in [7, 11) is 0. The second-order valence-corrected chi connectivity index (χ2v) is 6.82. The first-order valence-electron chi connectivity index (χ1n) is 8.61. The molecule has 0 aliphatic heterocycles. The van der Waals surface area contributed by atoms with Gasteiger partial charge in [-0.1, -0.05) is 42.5 Å². The van der Waals surface area contributed by atoms with Gasteiger partial charge < -0.3 is 15.3 Å². The predicted molar refractivity (Wildman–Crippen MR) is 107 cm³/mol. The van der Waals surface area contributed by atoms with Crippen LogP contribution in [0.1, 0.15) is 17.7 Å². The summed E-state index contributed by atoms with van der Waals surface area (Å²) in [5, 5.41) is 14.9. The number of anilines is 1. The molecule has 0 spiro atoms. The van der Waals surface area contributed by atoms with E-state index < -0.39 is 5.25 Å². The van der Waals surface area contributed by atoms with Crippen molar-refractivity contribution in [1.29, 1.82) is 0 Å². The molecule has 0 saturated heterocycles. The number of nitrogens with zero attached hydrogens (tertiary/aromatic N) is 1. The number of aromatic nitrogens is 1. The normalized spacial score (nSPS) is 11.6. The number of carbonyl (C=O) groups excluding carboxylic acids is 1. The van der Waals surface area contributed by atoms with Gasteiger partial charge in [-0.3, -0.25) is 4.79 Å². The number of hydrogen-bond donors (Lipinski definition) is 1. The zero-order valence-electron chi connectivity index (χ0n) is 14.9. The van der Waals surface area contributed by atoms with E-state index in [1.54, 1.807) is 24.3 Å². The van der Waals surface area contributed by atoms with Crippen molar-refractivity contribution in [3.63, 3.8) is 0 Å². The molecule has 0 bridgehead atoms. The molecular weight excluding hydrogens is 360 g/mol. The van der Waals surface area contributed by atoms with Crippen molar-refractivity contribution in [1.82, 2.24) is 0 Å². The van der Waals surface area contributed by atoms with Crippen LogP contribution in [0.15, 0.2) is 84.0 Å². The Kier molecular flexibility index (Phi) is 6.33. The number of rotatable bonds is 7. The molecule has 1 atom stereocenters. The lowest BCUT2D eigenvalue weighted by molar-refractivity contribution is -0.645. The Morgan fingerprint density at radius 1 is 1.07 bits per heavy atom. The summed E-state index contributed by atoms with van der Waals surface area (Å²) < 4.78 is 6.35. The van der Waals surface area contributed by atoms with Gasteiger partial charge in [0.1, 0.15) is 11.0 Å². The number of nitrogens with one attached hydrogen (secondary N) is 1. The monoisotopic (exact) mass is 380 g/mol. The number of benzene rings is 2. The van der Waals surface area contributed by atoms with Crippen molar-refractivity contribution in [2.24, 2.45) is 0 Å². The SMILES string of the molecule is CCOc1ccccc1NC(=O)C(Sc1cccc[n+]1[O-])c1ccccc1. The molecule has 5 nitrogen and oxygen atoms in total. The molecule has 0 aliphatic rings. The Balaban J connectivity index is 1.89. The van der Waals surface area contributed by atoms with E-state index in [-0.39, 0.29) is 5.91 Å². The molecule has 138 valence electrons. The zero-order chi connectivity index (χ0) is 19.1. The summed E-state index contributed by atoms with van der Waals surface area (Å²) in [6, 6.07) is 21.8.